The van der Waals surface area contributed by atoms with Gasteiger partial charge >= 0.3 is 5.97 Å². The summed E-state index contributed by atoms with van der Waals surface area (Å²) in [7, 11) is 0. The summed E-state index contributed by atoms with van der Waals surface area (Å²) in [4.78, 5) is 26.6. The molecule has 1 aliphatic rings. The van der Waals surface area contributed by atoms with Gasteiger partial charge in [0.2, 0.25) is 5.91 Å². The molecule has 0 aromatic heterocycles. The van der Waals surface area contributed by atoms with Crippen molar-refractivity contribution in [2.75, 3.05) is 13.2 Å². The minimum Gasteiger partial charge on any atom is -0.454 e. The van der Waals surface area contributed by atoms with Gasteiger partial charge < -0.3 is 45.1 Å². The van der Waals surface area contributed by atoms with Crippen molar-refractivity contribution in [1.82, 2.24) is 5.32 Å². The highest BCUT2D eigenvalue weighted by Gasteiger charge is 2.47. The average molecular weight is 1130 g/mol. The molecule has 0 saturated carbocycles. The van der Waals surface area contributed by atoms with E-state index in [1.807, 2.05) is 42.5 Å². The molecule has 1 fully saturated rings. The largest absolute Gasteiger partial charge is 0.454 e. The smallest absolute Gasteiger partial charge is 0.306 e. The van der Waals surface area contributed by atoms with Gasteiger partial charge in [0.05, 0.1) is 25.4 Å². The first-order chi connectivity index (χ1) is 39.7. The number of ether oxygens (including phenoxy) is 3. The lowest BCUT2D eigenvalue weighted by atomic mass is 9.99. The first-order valence-electron chi connectivity index (χ1n) is 32.7. The number of hydrogen-bond donors (Lipinski definition) is 6. The molecule has 1 rings (SSSR count). The standard InChI is InChI=1S/C70H119NO10/c1-4-7-10-13-16-19-22-24-26-27-28-29-30-31-32-33-34-35-36-37-38-40-43-46-49-52-55-58-65(75)81-68-67(77)66(76)64(59-72)80-70(68)79-60-61(62(73)56-53-50-47-44-41-21-18-15-12-9-6-3)71-69(78)63(74)57-54-51-48-45-42-39-25-23-20-17-14-11-8-5-2/h8,11,14,16-17,19-20,23-26,28-29,31-32,39,53,56,61-64,66-68,70,72-74,76-77H,4-7,9-10,12-13,15,18,21-22,27,30,33-38,40-52,54-55,57-60H2,1-3H3,(H,71,78)/b11-8+,17-14+,19-16-,23-20+,26-24-,29-28-,32-31-,39-25-,56-53+. The molecule has 81 heavy (non-hydrogen) atoms. The van der Waals surface area contributed by atoms with Crippen molar-refractivity contribution in [3.05, 3.63) is 109 Å². The lowest BCUT2D eigenvalue weighted by Crippen LogP contribution is -2.61. The van der Waals surface area contributed by atoms with Crippen LogP contribution in [0.1, 0.15) is 258 Å². The van der Waals surface area contributed by atoms with E-state index in [4.69, 9.17) is 14.2 Å². The van der Waals surface area contributed by atoms with E-state index in [1.54, 1.807) is 6.08 Å². The molecule has 8 atom stereocenters. The number of aliphatic hydroxyl groups excluding tert-OH is 5. The fourth-order valence-corrected chi connectivity index (χ4v) is 9.59. The summed E-state index contributed by atoms with van der Waals surface area (Å²) in [6, 6.07) is -1.04. The molecule has 0 radical (unpaired) electrons. The second-order valence-electron chi connectivity index (χ2n) is 22.2. The molecule has 6 N–H and O–H groups in total. The first kappa shape index (κ1) is 75.3. The van der Waals surface area contributed by atoms with Crippen LogP contribution in [0.25, 0.3) is 0 Å². The number of aliphatic hydroxyl groups is 5. The van der Waals surface area contributed by atoms with E-state index in [-0.39, 0.29) is 19.4 Å². The minimum atomic E-state index is -1.63. The number of nitrogens with one attached hydrogen (secondary N) is 1. The van der Waals surface area contributed by atoms with Gasteiger partial charge in [0.1, 0.15) is 24.4 Å². The maximum absolute atomic E-state index is 13.4. The molecule has 0 aliphatic carbocycles. The quantitative estimate of drug-likeness (QED) is 0.0149. The lowest BCUT2D eigenvalue weighted by molar-refractivity contribution is -0.305. The van der Waals surface area contributed by atoms with Gasteiger partial charge in [-0.3, -0.25) is 9.59 Å². The Bertz CT molecular complexity index is 1730. The third-order valence-corrected chi connectivity index (χ3v) is 14.8. The molecular weight excluding hydrogens is 1010 g/mol. The van der Waals surface area contributed by atoms with Gasteiger partial charge in [-0.05, 0) is 89.9 Å². The van der Waals surface area contributed by atoms with Crippen LogP contribution in [0.3, 0.4) is 0 Å². The normalized spacial score (nSPS) is 19.4. The number of unbranched alkanes of at least 4 members (excludes halogenated alkanes) is 27. The Morgan fingerprint density at radius 2 is 0.938 bits per heavy atom. The minimum absolute atomic E-state index is 0.111. The van der Waals surface area contributed by atoms with Gasteiger partial charge in [-0.25, -0.2) is 0 Å². The predicted molar refractivity (Wildman–Crippen MR) is 338 cm³/mol. The summed E-state index contributed by atoms with van der Waals surface area (Å²) in [5.74, 6) is -1.23. The van der Waals surface area contributed by atoms with E-state index in [9.17, 15) is 35.1 Å². The third-order valence-electron chi connectivity index (χ3n) is 14.8. The number of amides is 1. The number of carbonyl (C=O) groups excluding carboxylic acids is 2. The SMILES string of the molecule is CC/C=C/C=C/C=C/C=C\CCCCCCC(O)C(=O)NC(COC1OC(CO)C(O)C(O)C1OC(=O)CCCCCCCCCCCCC/C=C\C/C=C\C/C=C\C/C=C\CCCCC)C(O)/C=C/CCCCCCCCCCC. The zero-order valence-corrected chi connectivity index (χ0v) is 51.4. The predicted octanol–water partition coefficient (Wildman–Crippen LogP) is 16.1. The number of allylic oxidation sites excluding steroid dienone is 17. The Hall–Kier alpha value is -3.68. The molecule has 1 aliphatic heterocycles. The van der Waals surface area contributed by atoms with E-state index >= 15 is 0 Å². The van der Waals surface area contributed by atoms with Crippen LogP contribution in [-0.4, -0.2) is 99.6 Å². The molecule has 1 saturated heterocycles. The average Bonchev–Trinajstić information content (AvgIpc) is 3.50. The topological polar surface area (TPSA) is 175 Å². The molecule has 11 heteroatoms. The van der Waals surface area contributed by atoms with Crippen LogP contribution in [0.2, 0.25) is 0 Å². The van der Waals surface area contributed by atoms with E-state index in [0.717, 1.165) is 103 Å². The molecule has 11 nitrogen and oxygen atoms in total. The van der Waals surface area contributed by atoms with Crippen LogP contribution in [0.15, 0.2) is 109 Å². The van der Waals surface area contributed by atoms with Crippen molar-refractivity contribution >= 4 is 11.9 Å². The Labute approximate surface area is 494 Å². The zero-order chi connectivity index (χ0) is 58.9. The van der Waals surface area contributed by atoms with E-state index in [1.165, 1.54) is 109 Å². The molecule has 0 aromatic carbocycles. The maximum Gasteiger partial charge on any atom is 0.306 e. The molecule has 1 amide bonds. The molecule has 8 unspecified atom stereocenters. The van der Waals surface area contributed by atoms with Crippen molar-refractivity contribution < 1.29 is 49.3 Å². The van der Waals surface area contributed by atoms with Gasteiger partial charge in [-0.2, -0.15) is 0 Å². The van der Waals surface area contributed by atoms with Crippen molar-refractivity contribution in [1.29, 1.82) is 0 Å². The Morgan fingerprint density at radius 1 is 0.506 bits per heavy atom. The highest BCUT2D eigenvalue weighted by molar-refractivity contribution is 5.80. The fraction of sp³-hybridized carbons (Fsp3) is 0.714. The molecule has 0 bridgehead atoms. The summed E-state index contributed by atoms with van der Waals surface area (Å²) in [6.45, 7) is 5.59. The fourth-order valence-electron chi connectivity index (χ4n) is 9.59. The maximum atomic E-state index is 13.4. The summed E-state index contributed by atoms with van der Waals surface area (Å²) in [6.07, 6.45) is 67.0. The van der Waals surface area contributed by atoms with Gasteiger partial charge in [-0.15, -0.1) is 0 Å². The van der Waals surface area contributed by atoms with Crippen LogP contribution in [0.5, 0.6) is 0 Å². The molecule has 1 heterocycles. The van der Waals surface area contributed by atoms with Crippen LogP contribution >= 0.6 is 0 Å². The number of esters is 1. The van der Waals surface area contributed by atoms with Gasteiger partial charge in [0.25, 0.3) is 0 Å². The summed E-state index contributed by atoms with van der Waals surface area (Å²) >= 11 is 0. The number of carbonyl (C=O) groups is 2. The highest BCUT2D eigenvalue weighted by atomic mass is 16.7. The number of hydrogen-bond acceptors (Lipinski definition) is 10. The Kier molecular flexibility index (Phi) is 52.8. The Balaban J connectivity index is 2.58. The monoisotopic (exact) mass is 1130 g/mol. The summed E-state index contributed by atoms with van der Waals surface area (Å²) < 4.78 is 17.6. The molecular formula is C70H119NO10. The van der Waals surface area contributed by atoms with Crippen LogP contribution in [-0.2, 0) is 23.8 Å². The third kappa shape index (κ3) is 44.5. The lowest BCUT2D eigenvalue weighted by Gasteiger charge is -2.41. The van der Waals surface area contributed by atoms with E-state index in [0.29, 0.717) is 12.8 Å². The summed E-state index contributed by atoms with van der Waals surface area (Å²) in [5.41, 5.74) is 0. The van der Waals surface area contributed by atoms with Crippen LogP contribution in [0, 0.1) is 0 Å². The van der Waals surface area contributed by atoms with Gasteiger partial charge in [-0.1, -0.05) is 271 Å². The Morgan fingerprint density at radius 3 is 1.47 bits per heavy atom. The highest BCUT2D eigenvalue weighted by Crippen LogP contribution is 2.26. The number of rotatable bonds is 54. The van der Waals surface area contributed by atoms with Crippen LogP contribution < -0.4 is 5.32 Å². The van der Waals surface area contributed by atoms with Gasteiger partial charge in [0.15, 0.2) is 12.4 Å². The zero-order valence-electron chi connectivity index (χ0n) is 51.4. The van der Waals surface area contributed by atoms with E-state index < -0.39 is 67.4 Å². The summed E-state index contributed by atoms with van der Waals surface area (Å²) in [5, 5.41) is 57.0. The molecule has 464 valence electrons. The van der Waals surface area contributed by atoms with Crippen molar-refractivity contribution in [2.24, 2.45) is 0 Å². The molecule has 0 spiro atoms. The van der Waals surface area contributed by atoms with Gasteiger partial charge in [0, 0.05) is 6.42 Å². The van der Waals surface area contributed by atoms with Crippen molar-refractivity contribution in [3.8, 4) is 0 Å². The second-order valence-corrected chi connectivity index (χ2v) is 22.2. The van der Waals surface area contributed by atoms with Crippen molar-refractivity contribution in [2.45, 2.75) is 307 Å². The van der Waals surface area contributed by atoms with E-state index in [2.05, 4.69) is 86.8 Å². The van der Waals surface area contributed by atoms with Crippen molar-refractivity contribution in [3.63, 3.8) is 0 Å². The molecule has 0 aromatic rings. The van der Waals surface area contributed by atoms with Crippen LogP contribution in [0.4, 0.5) is 0 Å². The second kappa shape index (κ2) is 56.8. The first-order valence-corrected chi connectivity index (χ1v) is 32.7.